The smallest absolute Gasteiger partial charge is 0.253 e. The molecule has 120 valence electrons. The van der Waals surface area contributed by atoms with Gasteiger partial charge in [-0.15, -0.1) is 0 Å². The normalized spacial score (nSPS) is 25.5. The Morgan fingerprint density at radius 1 is 1.41 bits per heavy atom. The summed E-state index contributed by atoms with van der Waals surface area (Å²) >= 11 is 12.4. The van der Waals surface area contributed by atoms with E-state index in [4.69, 9.17) is 27.9 Å². The second-order valence-corrected chi connectivity index (χ2v) is 6.68. The first kappa shape index (κ1) is 16.1. The predicted octanol–water partition coefficient (Wildman–Crippen LogP) is 2.82. The summed E-state index contributed by atoms with van der Waals surface area (Å²) in [7, 11) is 0. The second-order valence-electron chi connectivity index (χ2n) is 5.84. The highest BCUT2D eigenvalue weighted by atomic mass is 35.5. The van der Waals surface area contributed by atoms with Crippen molar-refractivity contribution in [1.29, 1.82) is 0 Å². The summed E-state index contributed by atoms with van der Waals surface area (Å²) in [5.74, 6) is 0.0403. The molecule has 6 heteroatoms. The lowest BCUT2D eigenvalue weighted by Crippen LogP contribution is -2.47. The van der Waals surface area contributed by atoms with Crippen LogP contribution in [0.15, 0.2) is 12.1 Å². The molecule has 1 amide bonds. The molecule has 1 aromatic rings. The summed E-state index contributed by atoms with van der Waals surface area (Å²) in [6, 6.07) is 3.63. The van der Waals surface area contributed by atoms with Crippen LogP contribution in [0.4, 0.5) is 0 Å². The molecule has 1 aromatic carbocycles. The molecule has 4 nitrogen and oxygen atoms in total. The van der Waals surface area contributed by atoms with E-state index in [0.717, 1.165) is 30.5 Å². The lowest BCUT2D eigenvalue weighted by molar-refractivity contribution is -0.145. The van der Waals surface area contributed by atoms with E-state index in [0.29, 0.717) is 29.7 Å². The van der Waals surface area contributed by atoms with Crippen LogP contribution in [0.1, 0.15) is 30.5 Å². The number of halogens is 2. The molecule has 0 bridgehead atoms. The molecule has 1 saturated heterocycles. The number of rotatable bonds is 1. The maximum Gasteiger partial charge on any atom is 0.253 e. The van der Waals surface area contributed by atoms with Gasteiger partial charge in [-0.2, -0.15) is 0 Å². The highest BCUT2D eigenvalue weighted by molar-refractivity contribution is 6.35. The van der Waals surface area contributed by atoms with Gasteiger partial charge in [0.15, 0.2) is 0 Å². The van der Waals surface area contributed by atoms with Crippen LogP contribution in [-0.4, -0.2) is 43.2 Å². The Morgan fingerprint density at radius 3 is 3.05 bits per heavy atom. The molecule has 2 heterocycles. The van der Waals surface area contributed by atoms with E-state index in [2.05, 4.69) is 5.32 Å². The molecule has 0 unspecified atom stereocenters. The van der Waals surface area contributed by atoms with Crippen molar-refractivity contribution >= 4 is 29.1 Å². The van der Waals surface area contributed by atoms with Gasteiger partial charge in [-0.05, 0) is 49.6 Å². The fourth-order valence-electron chi connectivity index (χ4n) is 3.26. The Balaban J connectivity index is 1.82. The quantitative estimate of drug-likeness (QED) is 0.853. The summed E-state index contributed by atoms with van der Waals surface area (Å²) < 4.78 is 5.70. The minimum absolute atomic E-state index is 0.0403. The molecule has 22 heavy (non-hydrogen) atoms. The van der Waals surface area contributed by atoms with Crippen LogP contribution in [0.5, 0.6) is 0 Å². The summed E-state index contributed by atoms with van der Waals surface area (Å²) in [5.41, 5.74) is 2.14. The van der Waals surface area contributed by atoms with Crippen molar-refractivity contribution in [3.63, 3.8) is 0 Å². The fraction of sp³-hybridized carbons (Fsp3) is 0.562. The second kappa shape index (κ2) is 6.75. The Morgan fingerprint density at radius 2 is 2.23 bits per heavy atom. The number of ether oxygens (including phenoxy) is 1. The molecular formula is C16H20Cl2N2O2. The molecule has 2 aliphatic heterocycles. The molecule has 0 radical (unpaired) electrons. The van der Waals surface area contributed by atoms with Gasteiger partial charge >= 0.3 is 0 Å². The van der Waals surface area contributed by atoms with Crippen molar-refractivity contribution in [2.24, 2.45) is 0 Å². The van der Waals surface area contributed by atoms with Crippen molar-refractivity contribution in [3.8, 4) is 0 Å². The molecule has 0 saturated carbocycles. The molecule has 3 rings (SSSR count). The average molecular weight is 343 g/mol. The number of carbonyl (C=O) groups excluding carboxylic acids is 1. The van der Waals surface area contributed by atoms with Crippen molar-refractivity contribution in [2.45, 2.75) is 31.9 Å². The minimum Gasteiger partial charge on any atom is -0.367 e. The lowest BCUT2D eigenvalue weighted by Gasteiger charge is -2.37. The zero-order valence-corrected chi connectivity index (χ0v) is 14.1. The third-order valence-electron chi connectivity index (χ3n) is 4.39. The van der Waals surface area contributed by atoms with Gasteiger partial charge in [-0.3, -0.25) is 4.79 Å². The minimum atomic E-state index is -0.405. The Kier molecular flexibility index (Phi) is 4.93. The van der Waals surface area contributed by atoms with Crippen LogP contribution < -0.4 is 5.32 Å². The zero-order chi connectivity index (χ0) is 15.7. The van der Waals surface area contributed by atoms with Crippen molar-refractivity contribution in [1.82, 2.24) is 10.2 Å². The van der Waals surface area contributed by atoms with E-state index in [1.54, 1.807) is 6.07 Å². The number of hydrogen-bond donors (Lipinski definition) is 1. The van der Waals surface area contributed by atoms with E-state index >= 15 is 0 Å². The van der Waals surface area contributed by atoms with Gasteiger partial charge in [0, 0.05) is 29.7 Å². The highest BCUT2D eigenvalue weighted by Gasteiger charge is 2.34. The number of fused-ring (bicyclic) bond motifs is 1. The summed E-state index contributed by atoms with van der Waals surface area (Å²) in [5, 5.41) is 4.53. The van der Waals surface area contributed by atoms with E-state index in [-0.39, 0.29) is 11.9 Å². The molecule has 1 fully saturated rings. The molecule has 0 aliphatic carbocycles. The van der Waals surface area contributed by atoms with Crippen LogP contribution >= 0.6 is 23.2 Å². The van der Waals surface area contributed by atoms with Crippen molar-refractivity contribution in [2.75, 3.05) is 26.2 Å². The third-order valence-corrected chi connectivity index (χ3v) is 4.92. The first-order valence-corrected chi connectivity index (χ1v) is 8.44. The van der Waals surface area contributed by atoms with Crippen LogP contribution in [0.25, 0.3) is 0 Å². The van der Waals surface area contributed by atoms with Gasteiger partial charge in [0.25, 0.3) is 5.91 Å². The van der Waals surface area contributed by atoms with Crippen LogP contribution in [-0.2, 0) is 16.0 Å². The van der Waals surface area contributed by atoms with Gasteiger partial charge in [0.1, 0.15) is 6.10 Å². The lowest BCUT2D eigenvalue weighted by atomic mass is 9.93. The van der Waals surface area contributed by atoms with Crippen LogP contribution in [0.2, 0.25) is 10.0 Å². The van der Waals surface area contributed by atoms with Gasteiger partial charge in [0.05, 0.1) is 6.04 Å². The van der Waals surface area contributed by atoms with Gasteiger partial charge in [0.2, 0.25) is 0 Å². The number of nitrogens with zero attached hydrogens (tertiary/aromatic N) is 1. The van der Waals surface area contributed by atoms with Crippen LogP contribution in [0, 0.1) is 0 Å². The molecule has 0 aromatic heterocycles. The number of amides is 1. The summed E-state index contributed by atoms with van der Waals surface area (Å²) in [4.78, 5) is 14.7. The van der Waals surface area contributed by atoms with Crippen molar-refractivity contribution < 1.29 is 9.53 Å². The maximum atomic E-state index is 12.8. The van der Waals surface area contributed by atoms with E-state index in [1.807, 2.05) is 17.9 Å². The fourth-order valence-corrected chi connectivity index (χ4v) is 3.96. The first-order valence-electron chi connectivity index (χ1n) is 7.68. The molecule has 2 aliphatic rings. The van der Waals surface area contributed by atoms with E-state index in [1.165, 1.54) is 0 Å². The Hall–Kier alpha value is -0.810. The predicted molar refractivity (Wildman–Crippen MR) is 87.5 cm³/mol. The largest absolute Gasteiger partial charge is 0.367 e. The van der Waals surface area contributed by atoms with Gasteiger partial charge < -0.3 is 15.0 Å². The third kappa shape index (κ3) is 3.11. The van der Waals surface area contributed by atoms with Gasteiger partial charge in [-0.1, -0.05) is 23.2 Å². The van der Waals surface area contributed by atoms with Crippen molar-refractivity contribution in [3.05, 3.63) is 33.3 Å². The summed E-state index contributed by atoms with van der Waals surface area (Å²) in [6.07, 6.45) is 1.30. The summed E-state index contributed by atoms with van der Waals surface area (Å²) in [6.45, 7) is 4.78. The molecule has 1 N–H and O–H groups in total. The van der Waals surface area contributed by atoms with E-state index < -0.39 is 6.10 Å². The molecular weight excluding hydrogens is 323 g/mol. The monoisotopic (exact) mass is 342 g/mol. The maximum absolute atomic E-state index is 12.8. The topological polar surface area (TPSA) is 41.6 Å². The standard InChI is InChI=1S/C16H20Cl2N2O2/c1-10-15-11(7-12(17)8-13(15)18)3-5-20(10)16(21)14-9-19-4-2-6-22-14/h7-8,10,14,19H,2-6,9H2,1H3/t10-,14+/m0/s1. The van der Waals surface area contributed by atoms with E-state index in [9.17, 15) is 4.79 Å². The Labute approximate surface area is 140 Å². The SMILES string of the molecule is C[C@H]1c2c(Cl)cc(Cl)cc2CCN1C(=O)[C@H]1CNCCCO1. The highest BCUT2D eigenvalue weighted by Crippen LogP contribution is 2.37. The Bertz CT molecular complexity index is 572. The average Bonchev–Trinajstić information content (AvgIpc) is 2.75. The number of benzene rings is 1. The molecule has 0 spiro atoms. The number of hydrogen-bond acceptors (Lipinski definition) is 3. The van der Waals surface area contributed by atoms with Crippen LogP contribution in [0.3, 0.4) is 0 Å². The zero-order valence-electron chi connectivity index (χ0n) is 12.6. The van der Waals surface area contributed by atoms with Gasteiger partial charge in [-0.25, -0.2) is 0 Å². The molecule has 2 atom stereocenters. The number of nitrogens with one attached hydrogen (secondary N) is 1. The first-order chi connectivity index (χ1) is 10.6. The number of carbonyl (C=O) groups is 1.